The summed E-state index contributed by atoms with van der Waals surface area (Å²) in [6.45, 7) is 4.51. The van der Waals surface area contributed by atoms with Crippen molar-refractivity contribution in [2.75, 3.05) is 30.0 Å². The molecule has 1 saturated carbocycles. The van der Waals surface area contributed by atoms with Crippen molar-refractivity contribution in [1.29, 1.82) is 0 Å². The normalized spacial score (nSPS) is 25.3. The first kappa shape index (κ1) is 24.8. The van der Waals surface area contributed by atoms with E-state index in [0.717, 1.165) is 111 Å². The summed E-state index contributed by atoms with van der Waals surface area (Å²) in [4.78, 5) is 20.3. The molecule has 4 aliphatic rings. The number of carbonyl (C=O) groups is 1. The number of anilines is 2. The number of nitrogens with zero attached hydrogens (tertiary/aromatic N) is 4. The number of benzene rings is 1. The highest BCUT2D eigenvalue weighted by Crippen LogP contribution is 2.40. The number of piperidine rings is 1. The van der Waals surface area contributed by atoms with Gasteiger partial charge in [0, 0.05) is 55.1 Å². The van der Waals surface area contributed by atoms with Crippen molar-refractivity contribution in [1.82, 2.24) is 19.9 Å². The van der Waals surface area contributed by atoms with Gasteiger partial charge in [-0.1, -0.05) is 12.1 Å². The number of aromatic nitrogens is 3. The lowest BCUT2D eigenvalue weighted by Gasteiger charge is -2.38. The molecule has 7 rings (SSSR count). The average molecular weight is 531 g/mol. The maximum absolute atomic E-state index is 12.7. The highest BCUT2D eigenvalue weighted by Gasteiger charge is 2.41. The van der Waals surface area contributed by atoms with Gasteiger partial charge in [-0.15, -0.1) is 0 Å². The number of hydrogen-bond acceptors (Lipinski definition) is 7. The van der Waals surface area contributed by atoms with E-state index in [0.29, 0.717) is 24.0 Å². The van der Waals surface area contributed by atoms with Crippen LogP contribution < -0.4 is 15.5 Å². The van der Waals surface area contributed by atoms with E-state index in [1.165, 1.54) is 0 Å². The van der Waals surface area contributed by atoms with E-state index in [1.54, 1.807) is 0 Å². The van der Waals surface area contributed by atoms with Crippen molar-refractivity contribution in [2.45, 2.75) is 82.5 Å². The predicted molar refractivity (Wildman–Crippen MR) is 150 cm³/mol. The molecule has 2 unspecified atom stereocenters. The van der Waals surface area contributed by atoms with Gasteiger partial charge in [-0.2, -0.15) is 9.61 Å². The Labute approximate surface area is 228 Å². The molecule has 3 N–H and O–H groups in total. The van der Waals surface area contributed by atoms with Crippen molar-refractivity contribution < 1.29 is 14.6 Å². The minimum absolute atomic E-state index is 0.00388. The Bertz CT molecular complexity index is 1360. The number of aliphatic hydroxyl groups is 1. The van der Waals surface area contributed by atoms with Crippen LogP contribution in [-0.4, -0.2) is 69.6 Å². The molecule has 0 spiro atoms. The zero-order chi connectivity index (χ0) is 26.5. The van der Waals surface area contributed by atoms with Crippen LogP contribution >= 0.6 is 0 Å². The van der Waals surface area contributed by atoms with E-state index in [9.17, 15) is 9.90 Å². The van der Waals surface area contributed by atoms with Crippen molar-refractivity contribution in [3.05, 3.63) is 41.6 Å². The summed E-state index contributed by atoms with van der Waals surface area (Å²) in [5.74, 6) is 2.47. The number of rotatable bonds is 7. The summed E-state index contributed by atoms with van der Waals surface area (Å²) >= 11 is 0. The Morgan fingerprint density at radius 2 is 1.85 bits per heavy atom. The summed E-state index contributed by atoms with van der Waals surface area (Å²) in [5.41, 5.74) is 4.43. The summed E-state index contributed by atoms with van der Waals surface area (Å²) in [5, 5.41) is 22.0. The molecule has 5 heterocycles. The summed E-state index contributed by atoms with van der Waals surface area (Å²) in [6.07, 6.45) is 9.71. The number of fused-ring (bicyclic) bond motifs is 3. The minimum atomic E-state index is -0.224. The molecular weight excluding hydrogens is 492 g/mol. The molecule has 1 aliphatic carbocycles. The molecular formula is C30H38N6O3. The first-order chi connectivity index (χ1) is 19.0. The number of hydrogen-bond donors (Lipinski definition) is 3. The molecule has 39 heavy (non-hydrogen) atoms. The van der Waals surface area contributed by atoms with Crippen LogP contribution in [0.5, 0.6) is 0 Å². The van der Waals surface area contributed by atoms with Crippen LogP contribution in [0.2, 0.25) is 0 Å². The highest BCUT2D eigenvalue weighted by molar-refractivity contribution is 5.97. The molecule has 2 aromatic heterocycles. The van der Waals surface area contributed by atoms with Crippen LogP contribution in [-0.2, 0) is 4.74 Å². The fourth-order valence-corrected chi connectivity index (χ4v) is 6.71. The first-order valence-corrected chi connectivity index (χ1v) is 14.6. The number of carbonyl (C=O) groups excluding carboxylic acids is 1. The Kier molecular flexibility index (Phi) is 6.43. The largest absolute Gasteiger partial charge is 0.393 e. The molecule has 1 aromatic carbocycles. The number of ether oxygens (including phenoxy) is 1. The molecule has 2 atom stereocenters. The standard InChI is InChI=1S/C30H38N6O3/c1-18-12-20(2-7-25(18)30(38)33-21-3-4-21)26-17-32-36-27(31-16-19-8-10-39-11-9-19)15-28(34-29(26)36)35-22-5-6-23(35)14-24(37)13-22/h2,7,12,15,17,19,21-24,31,37H,3-6,8-11,13-14,16H2,1H3,(H,33,38). The average Bonchev–Trinajstić information content (AvgIpc) is 3.57. The monoisotopic (exact) mass is 530 g/mol. The van der Waals surface area contributed by atoms with Gasteiger partial charge in [0.1, 0.15) is 11.6 Å². The van der Waals surface area contributed by atoms with Gasteiger partial charge in [-0.3, -0.25) is 4.79 Å². The first-order valence-electron chi connectivity index (χ1n) is 14.6. The summed E-state index contributed by atoms with van der Waals surface area (Å²) in [6, 6.07) is 9.11. The van der Waals surface area contributed by atoms with Gasteiger partial charge >= 0.3 is 0 Å². The number of amides is 1. The van der Waals surface area contributed by atoms with Crippen LogP contribution in [0.3, 0.4) is 0 Å². The number of nitrogens with one attached hydrogen (secondary N) is 2. The zero-order valence-electron chi connectivity index (χ0n) is 22.6. The second kappa shape index (κ2) is 10.1. The minimum Gasteiger partial charge on any atom is -0.393 e. The lowest BCUT2D eigenvalue weighted by atomic mass is 9.99. The van der Waals surface area contributed by atoms with Crippen molar-refractivity contribution >= 4 is 23.2 Å². The Hall–Kier alpha value is -3.17. The van der Waals surface area contributed by atoms with Crippen molar-refractivity contribution in [2.24, 2.45) is 5.92 Å². The molecule has 4 fully saturated rings. The molecule has 0 radical (unpaired) electrons. The quantitative estimate of drug-likeness (QED) is 0.425. The molecule has 9 heteroatoms. The van der Waals surface area contributed by atoms with Gasteiger partial charge in [0.15, 0.2) is 5.65 Å². The fraction of sp³-hybridized carbons (Fsp3) is 0.567. The van der Waals surface area contributed by atoms with Crippen LogP contribution in [0.1, 0.15) is 67.3 Å². The predicted octanol–water partition coefficient (Wildman–Crippen LogP) is 3.93. The third kappa shape index (κ3) is 4.87. The van der Waals surface area contributed by atoms with E-state index in [2.05, 4.69) is 27.7 Å². The Morgan fingerprint density at radius 3 is 2.56 bits per heavy atom. The van der Waals surface area contributed by atoms with Crippen molar-refractivity contribution in [3.8, 4) is 11.1 Å². The Balaban J connectivity index is 1.25. The Morgan fingerprint density at radius 1 is 1.08 bits per heavy atom. The summed E-state index contributed by atoms with van der Waals surface area (Å²) < 4.78 is 7.48. The maximum atomic E-state index is 12.7. The van der Waals surface area contributed by atoms with Gasteiger partial charge < -0.3 is 25.4 Å². The molecule has 3 aromatic rings. The number of aliphatic hydroxyl groups excluding tert-OH is 1. The highest BCUT2D eigenvalue weighted by atomic mass is 16.5. The van der Waals surface area contributed by atoms with Gasteiger partial charge in [-0.25, -0.2) is 4.98 Å². The van der Waals surface area contributed by atoms with Crippen LogP contribution in [0, 0.1) is 12.8 Å². The fourth-order valence-electron chi connectivity index (χ4n) is 6.71. The smallest absolute Gasteiger partial charge is 0.251 e. The van der Waals surface area contributed by atoms with Gasteiger partial charge in [0.25, 0.3) is 5.91 Å². The molecule has 9 nitrogen and oxygen atoms in total. The van der Waals surface area contributed by atoms with E-state index in [1.807, 2.05) is 29.8 Å². The third-order valence-electron chi connectivity index (χ3n) is 9.04. The molecule has 3 aliphatic heterocycles. The van der Waals surface area contributed by atoms with Gasteiger partial charge in [0.2, 0.25) is 0 Å². The SMILES string of the molecule is Cc1cc(-c2cnn3c(NCC4CCOCC4)cc(N4C5CCC4CC(O)C5)nc23)ccc1C(=O)NC1CC1. The molecule has 206 valence electrons. The topological polar surface area (TPSA) is 104 Å². The van der Waals surface area contributed by atoms with Crippen LogP contribution in [0.25, 0.3) is 16.8 Å². The molecule has 2 bridgehead atoms. The lowest BCUT2D eigenvalue weighted by Crippen LogP contribution is -2.45. The van der Waals surface area contributed by atoms with Crippen LogP contribution in [0.4, 0.5) is 11.6 Å². The van der Waals surface area contributed by atoms with Gasteiger partial charge in [0.05, 0.1) is 12.3 Å². The van der Waals surface area contributed by atoms with Crippen LogP contribution in [0.15, 0.2) is 30.5 Å². The van der Waals surface area contributed by atoms with E-state index >= 15 is 0 Å². The number of aryl methyl sites for hydroxylation is 1. The molecule has 1 amide bonds. The second-order valence-electron chi connectivity index (χ2n) is 11.9. The maximum Gasteiger partial charge on any atom is 0.251 e. The van der Waals surface area contributed by atoms with E-state index in [-0.39, 0.29) is 12.0 Å². The summed E-state index contributed by atoms with van der Waals surface area (Å²) in [7, 11) is 0. The third-order valence-corrected chi connectivity index (χ3v) is 9.04. The lowest BCUT2D eigenvalue weighted by molar-refractivity contribution is 0.0699. The van der Waals surface area contributed by atoms with Gasteiger partial charge in [-0.05, 0) is 81.4 Å². The second-order valence-corrected chi connectivity index (χ2v) is 11.9. The van der Waals surface area contributed by atoms with E-state index in [4.69, 9.17) is 14.8 Å². The van der Waals surface area contributed by atoms with Crippen molar-refractivity contribution in [3.63, 3.8) is 0 Å². The molecule has 3 saturated heterocycles. The zero-order valence-corrected chi connectivity index (χ0v) is 22.6. The van der Waals surface area contributed by atoms with E-state index < -0.39 is 0 Å².